The van der Waals surface area contributed by atoms with E-state index in [1.54, 1.807) is 21.9 Å². The van der Waals surface area contributed by atoms with Gasteiger partial charge in [0, 0.05) is 30.9 Å². The van der Waals surface area contributed by atoms with Crippen LogP contribution in [0.25, 0.3) is 0 Å². The molecule has 0 aliphatic carbocycles. The smallest absolute Gasteiger partial charge is 0.271 e. The molecule has 0 aromatic heterocycles. The van der Waals surface area contributed by atoms with Crippen molar-refractivity contribution in [3.8, 4) is 5.75 Å². The fourth-order valence-corrected chi connectivity index (χ4v) is 3.64. The van der Waals surface area contributed by atoms with Gasteiger partial charge in [-0.25, -0.2) is 0 Å². The van der Waals surface area contributed by atoms with Crippen LogP contribution in [0.5, 0.6) is 5.75 Å². The highest BCUT2D eigenvalue weighted by Crippen LogP contribution is 2.33. The minimum absolute atomic E-state index is 0.0318. The van der Waals surface area contributed by atoms with Crippen molar-refractivity contribution in [2.75, 3.05) is 49.6 Å². The number of hydrogen-bond acceptors (Lipinski definition) is 7. The SMILES string of the molecule is O=C(CN1CC(C(=O)N2CCOCC2)Oc2ccccc21)Nc1cccc([N+](=O)[O-])c1. The summed E-state index contributed by atoms with van der Waals surface area (Å²) in [7, 11) is 0. The zero-order valence-electron chi connectivity index (χ0n) is 16.7. The van der Waals surface area contributed by atoms with E-state index in [0.29, 0.717) is 43.4 Å². The summed E-state index contributed by atoms with van der Waals surface area (Å²) in [6, 6.07) is 13.0. The van der Waals surface area contributed by atoms with E-state index in [4.69, 9.17) is 9.47 Å². The first kappa shape index (κ1) is 20.6. The zero-order valence-corrected chi connectivity index (χ0v) is 16.7. The normalized spacial score (nSPS) is 18.0. The van der Waals surface area contributed by atoms with Gasteiger partial charge in [0.1, 0.15) is 5.75 Å². The van der Waals surface area contributed by atoms with Gasteiger partial charge in [0.05, 0.1) is 36.9 Å². The highest BCUT2D eigenvalue weighted by Gasteiger charge is 2.34. The summed E-state index contributed by atoms with van der Waals surface area (Å²) < 4.78 is 11.2. The number of nitro groups is 1. The molecule has 2 aromatic carbocycles. The number of ether oxygens (including phenoxy) is 2. The average Bonchev–Trinajstić information content (AvgIpc) is 2.79. The molecule has 2 aliphatic rings. The number of hydrogen-bond donors (Lipinski definition) is 1. The lowest BCUT2D eigenvalue weighted by molar-refractivity contribution is -0.384. The van der Waals surface area contributed by atoms with Crippen LogP contribution in [0.2, 0.25) is 0 Å². The van der Waals surface area contributed by atoms with Gasteiger partial charge in [0.2, 0.25) is 5.91 Å². The molecule has 2 heterocycles. The van der Waals surface area contributed by atoms with Crippen molar-refractivity contribution >= 4 is 28.9 Å². The third kappa shape index (κ3) is 4.75. The quantitative estimate of drug-likeness (QED) is 0.571. The van der Waals surface area contributed by atoms with Crippen LogP contribution in [0.3, 0.4) is 0 Å². The van der Waals surface area contributed by atoms with E-state index in [9.17, 15) is 19.7 Å². The Morgan fingerprint density at radius 2 is 1.90 bits per heavy atom. The maximum Gasteiger partial charge on any atom is 0.271 e. The Labute approximate surface area is 178 Å². The van der Waals surface area contributed by atoms with Crippen molar-refractivity contribution in [1.82, 2.24) is 4.90 Å². The molecule has 2 aromatic rings. The second-order valence-corrected chi connectivity index (χ2v) is 7.25. The van der Waals surface area contributed by atoms with Crippen LogP contribution in [0.15, 0.2) is 48.5 Å². The number of benzene rings is 2. The van der Waals surface area contributed by atoms with Gasteiger partial charge in [-0.1, -0.05) is 18.2 Å². The molecule has 1 unspecified atom stereocenters. The highest BCUT2D eigenvalue weighted by atomic mass is 16.6. The van der Waals surface area contributed by atoms with Crippen molar-refractivity contribution in [1.29, 1.82) is 0 Å². The summed E-state index contributed by atoms with van der Waals surface area (Å²) in [5.74, 6) is 0.0418. The van der Waals surface area contributed by atoms with Crippen molar-refractivity contribution in [3.63, 3.8) is 0 Å². The third-order valence-electron chi connectivity index (χ3n) is 5.13. The fourth-order valence-electron chi connectivity index (χ4n) is 3.64. The maximum atomic E-state index is 12.9. The molecular formula is C21H22N4O6. The molecule has 1 atom stereocenters. The van der Waals surface area contributed by atoms with Crippen LogP contribution in [0.1, 0.15) is 0 Å². The van der Waals surface area contributed by atoms with E-state index >= 15 is 0 Å². The van der Waals surface area contributed by atoms with Crippen LogP contribution in [0.4, 0.5) is 17.1 Å². The van der Waals surface area contributed by atoms with E-state index < -0.39 is 11.0 Å². The summed E-state index contributed by atoms with van der Waals surface area (Å²) in [6.45, 7) is 2.18. The summed E-state index contributed by atoms with van der Waals surface area (Å²) in [5, 5.41) is 13.6. The number of para-hydroxylation sites is 2. The van der Waals surface area contributed by atoms with E-state index in [1.807, 2.05) is 18.2 Å². The van der Waals surface area contributed by atoms with Crippen LogP contribution in [-0.2, 0) is 14.3 Å². The Balaban J connectivity index is 1.48. The van der Waals surface area contributed by atoms with E-state index in [1.165, 1.54) is 18.2 Å². The Kier molecular flexibility index (Phi) is 5.99. The molecular weight excluding hydrogens is 404 g/mol. The number of rotatable bonds is 5. The van der Waals surface area contributed by atoms with Gasteiger partial charge in [0.15, 0.2) is 6.10 Å². The molecule has 10 heteroatoms. The number of carbonyl (C=O) groups excluding carboxylic acids is 2. The predicted molar refractivity (Wildman–Crippen MR) is 112 cm³/mol. The first-order valence-electron chi connectivity index (χ1n) is 9.93. The molecule has 4 rings (SSSR count). The summed E-state index contributed by atoms with van der Waals surface area (Å²) in [5.41, 5.74) is 0.940. The lowest BCUT2D eigenvalue weighted by Crippen LogP contribution is -2.53. The van der Waals surface area contributed by atoms with Gasteiger partial charge in [-0.15, -0.1) is 0 Å². The first-order valence-corrected chi connectivity index (χ1v) is 9.93. The minimum Gasteiger partial charge on any atom is -0.477 e. The molecule has 2 aliphatic heterocycles. The van der Waals surface area contributed by atoms with Crippen molar-refractivity contribution in [3.05, 3.63) is 58.6 Å². The number of morpholine rings is 1. The molecule has 2 amide bonds. The number of carbonyl (C=O) groups is 2. The Morgan fingerprint density at radius 1 is 1.13 bits per heavy atom. The topological polar surface area (TPSA) is 114 Å². The van der Waals surface area contributed by atoms with Gasteiger partial charge < -0.3 is 24.6 Å². The zero-order chi connectivity index (χ0) is 21.8. The summed E-state index contributed by atoms with van der Waals surface area (Å²) in [4.78, 5) is 39.5. The molecule has 1 N–H and O–H groups in total. The standard InChI is InChI=1S/C21H22N4O6/c26-20(22-15-4-3-5-16(12-15)25(28)29)14-24-13-19(21(27)23-8-10-30-11-9-23)31-18-7-2-1-6-17(18)24/h1-7,12,19H,8-11,13-14H2,(H,22,26). The predicted octanol–water partition coefficient (Wildman–Crippen LogP) is 1.66. The molecule has 0 radical (unpaired) electrons. The largest absolute Gasteiger partial charge is 0.477 e. The number of nitrogens with zero attached hydrogens (tertiary/aromatic N) is 3. The monoisotopic (exact) mass is 426 g/mol. The van der Waals surface area contributed by atoms with Gasteiger partial charge in [-0.05, 0) is 18.2 Å². The van der Waals surface area contributed by atoms with Crippen LogP contribution < -0.4 is 15.0 Å². The van der Waals surface area contributed by atoms with Crippen molar-refractivity contribution < 1.29 is 24.0 Å². The Bertz CT molecular complexity index is 991. The maximum absolute atomic E-state index is 12.9. The number of anilines is 2. The van der Waals surface area contributed by atoms with E-state index in [2.05, 4.69) is 5.32 Å². The van der Waals surface area contributed by atoms with Gasteiger partial charge >= 0.3 is 0 Å². The van der Waals surface area contributed by atoms with E-state index in [0.717, 1.165) is 0 Å². The highest BCUT2D eigenvalue weighted by molar-refractivity contribution is 5.95. The number of nitrogens with one attached hydrogen (secondary N) is 1. The lowest BCUT2D eigenvalue weighted by Gasteiger charge is -2.38. The van der Waals surface area contributed by atoms with Gasteiger partial charge in [-0.2, -0.15) is 0 Å². The number of non-ortho nitro benzene ring substituents is 1. The molecule has 162 valence electrons. The van der Waals surface area contributed by atoms with E-state index in [-0.39, 0.29) is 30.6 Å². The third-order valence-corrected chi connectivity index (χ3v) is 5.13. The number of nitro benzene ring substituents is 1. The fraction of sp³-hybridized carbons (Fsp3) is 0.333. The second kappa shape index (κ2) is 9.00. The van der Waals surface area contributed by atoms with Crippen LogP contribution >= 0.6 is 0 Å². The number of amides is 2. The minimum atomic E-state index is -0.737. The summed E-state index contributed by atoms with van der Waals surface area (Å²) in [6.07, 6.45) is -0.737. The Hall–Kier alpha value is -3.66. The summed E-state index contributed by atoms with van der Waals surface area (Å²) >= 11 is 0. The van der Waals surface area contributed by atoms with Gasteiger partial charge in [0.25, 0.3) is 11.6 Å². The lowest BCUT2D eigenvalue weighted by atomic mass is 10.1. The van der Waals surface area contributed by atoms with Crippen molar-refractivity contribution in [2.45, 2.75) is 6.10 Å². The molecule has 1 fully saturated rings. The second-order valence-electron chi connectivity index (χ2n) is 7.25. The molecule has 10 nitrogen and oxygen atoms in total. The molecule has 1 saturated heterocycles. The molecule has 31 heavy (non-hydrogen) atoms. The molecule has 0 saturated carbocycles. The Morgan fingerprint density at radius 3 is 2.68 bits per heavy atom. The molecule has 0 bridgehead atoms. The first-order chi connectivity index (χ1) is 15.0. The van der Waals surface area contributed by atoms with Crippen LogP contribution in [-0.4, -0.2) is 67.1 Å². The average molecular weight is 426 g/mol. The molecule has 0 spiro atoms. The number of fused-ring (bicyclic) bond motifs is 1. The van der Waals surface area contributed by atoms with Crippen molar-refractivity contribution in [2.24, 2.45) is 0 Å². The van der Waals surface area contributed by atoms with Crippen LogP contribution in [0, 0.1) is 10.1 Å². The van der Waals surface area contributed by atoms with Gasteiger partial charge in [-0.3, -0.25) is 19.7 Å².